The molecule has 5 rings (SSSR count). The topological polar surface area (TPSA) is 82.6 Å². The van der Waals surface area contributed by atoms with E-state index in [1.54, 1.807) is 37.3 Å². The third kappa shape index (κ3) is 5.54. The number of carbonyl (C=O) groups is 3. The van der Waals surface area contributed by atoms with Crippen molar-refractivity contribution in [2.75, 3.05) is 9.80 Å². The first-order valence-electron chi connectivity index (χ1n) is 12.8. The largest absolute Gasteiger partial charge is 0.351 e. The number of nitrogens with one attached hydrogen (secondary N) is 1. The van der Waals surface area contributed by atoms with E-state index in [2.05, 4.69) is 10.3 Å². The van der Waals surface area contributed by atoms with Crippen molar-refractivity contribution in [3.63, 3.8) is 0 Å². The molecule has 2 atom stereocenters. The van der Waals surface area contributed by atoms with Crippen molar-refractivity contribution in [1.82, 2.24) is 10.3 Å². The lowest BCUT2D eigenvalue weighted by Crippen LogP contribution is -2.56. The van der Waals surface area contributed by atoms with Crippen molar-refractivity contribution < 1.29 is 27.6 Å². The van der Waals surface area contributed by atoms with Crippen molar-refractivity contribution >= 4 is 40.8 Å². The Bertz CT molecular complexity index is 1440. The number of nitrogens with zero attached hydrogens (tertiary/aromatic N) is 3. The van der Waals surface area contributed by atoms with Gasteiger partial charge >= 0.3 is 0 Å². The molecule has 11 heteroatoms. The van der Waals surface area contributed by atoms with Crippen LogP contribution in [0.25, 0.3) is 0 Å². The Morgan fingerprint density at radius 1 is 1.12 bits per heavy atom. The molecule has 3 amide bonds. The third-order valence-corrected chi connectivity index (χ3v) is 7.43. The number of alkyl halides is 2. The van der Waals surface area contributed by atoms with Gasteiger partial charge in [0.25, 0.3) is 11.8 Å². The van der Waals surface area contributed by atoms with Crippen LogP contribution in [-0.2, 0) is 14.4 Å². The Balaban J connectivity index is 1.60. The molecule has 7 nitrogen and oxygen atoms in total. The van der Waals surface area contributed by atoms with Crippen molar-refractivity contribution in [2.24, 2.45) is 0 Å². The van der Waals surface area contributed by atoms with Gasteiger partial charge in [0.05, 0.1) is 5.02 Å². The fraction of sp³-hybridized carbons (Fsp3) is 0.310. The molecule has 3 aromatic rings. The Morgan fingerprint density at radius 2 is 1.88 bits per heavy atom. The van der Waals surface area contributed by atoms with Gasteiger partial charge in [0, 0.05) is 37.2 Å². The van der Waals surface area contributed by atoms with Gasteiger partial charge in [-0.15, -0.1) is 0 Å². The maximum atomic E-state index is 14.5. The summed E-state index contributed by atoms with van der Waals surface area (Å²) in [5.74, 6) is -4.98. The second-order valence-corrected chi connectivity index (χ2v) is 10.5. The predicted octanol–water partition coefficient (Wildman–Crippen LogP) is 5.37. The summed E-state index contributed by atoms with van der Waals surface area (Å²) in [5.41, 5.74) is 1.18. The van der Waals surface area contributed by atoms with Crippen molar-refractivity contribution in [3.05, 3.63) is 88.8 Å². The van der Waals surface area contributed by atoms with Crippen LogP contribution in [0.5, 0.6) is 0 Å². The van der Waals surface area contributed by atoms with E-state index in [0.717, 1.165) is 11.0 Å². The van der Waals surface area contributed by atoms with Gasteiger partial charge in [-0.25, -0.2) is 18.2 Å². The lowest BCUT2D eigenvalue weighted by Gasteiger charge is -2.39. The summed E-state index contributed by atoms with van der Waals surface area (Å²) in [5, 5.41) is 3.00. The molecule has 40 heavy (non-hydrogen) atoms. The molecule has 208 valence electrons. The maximum absolute atomic E-state index is 14.5. The van der Waals surface area contributed by atoms with Crippen LogP contribution in [-0.4, -0.2) is 40.7 Å². The molecule has 2 unspecified atom stereocenters. The van der Waals surface area contributed by atoms with Crippen LogP contribution < -0.4 is 15.1 Å². The Hall–Kier alpha value is -3.92. The highest BCUT2D eigenvalue weighted by Gasteiger charge is 2.48. The van der Waals surface area contributed by atoms with Gasteiger partial charge in [-0.3, -0.25) is 24.2 Å². The minimum absolute atomic E-state index is 0.0517. The molecular weight excluding hydrogens is 545 g/mol. The highest BCUT2D eigenvalue weighted by atomic mass is 35.5. The van der Waals surface area contributed by atoms with Gasteiger partial charge in [0.1, 0.15) is 23.7 Å². The first-order chi connectivity index (χ1) is 19.0. The lowest BCUT2D eigenvalue weighted by molar-refractivity contribution is -0.133. The van der Waals surface area contributed by atoms with Gasteiger partial charge in [0.15, 0.2) is 0 Å². The summed E-state index contributed by atoms with van der Waals surface area (Å²) in [6, 6.07) is 12.0. The monoisotopic (exact) mass is 570 g/mol. The molecule has 2 heterocycles. The number of rotatable bonds is 7. The van der Waals surface area contributed by atoms with E-state index < -0.39 is 54.5 Å². The molecule has 1 aromatic heterocycles. The van der Waals surface area contributed by atoms with Crippen LogP contribution >= 0.6 is 11.6 Å². The van der Waals surface area contributed by atoms with E-state index in [0.29, 0.717) is 16.1 Å². The number of hydrogen-bond donors (Lipinski definition) is 1. The number of hydrogen-bond acceptors (Lipinski definition) is 4. The van der Waals surface area contributed by atoms with E-state index in [4.69, 9.17) is 11.6 Å². The summed E-state index contributed by atoms with van der Waals surface area (Å²) in [4.78, 5) is 47.8. The second kappa shape index (κ2) is 10.9. The number of aromatic nitrogens is 1. The molecule has 1 saturated heterocycles. The number of amides is 3. The fourth-order valence-electron chi connectivity index (χ4n) is 5.24. The number of halogens is 4. The van der Waals surface area contributed by atoms with Crippen molar-refractivity contribution in [2.45, 2.75) is 56.7 Å². The molecule has 0 spiro atoms. The van der Waals surface area contributed by atoms with E-state index in [9.17, 15) is 27.6 Å². The smallest absolute Gasteiger partial charge is 0.252 e. The molecule has 1 aliphatic carbocycles. The molecule has 1 aliphatic heterocycles. The van der Waals surface area contributed by atoms with Crippen LogP contribution in [0.15, 0.2) is 66.9 Å². The molecule has 1 saturated carbocycles. The number of carbonyl (C=O) groups excluding carboxylic acids is 3. The molecule has 2 aromatic carbocycles. The number of anilines is 2. The van der Waals surface area contributed by atoms with E-state index in [1.807, 2.05) is 0 Å². The Labute approximate surface area is 233 Å². The second-order valence-electron chi connectivity index (χ2n) is 10.1. The molecular formula is C29H26ClF3N4O3. The van der Waals surface area contributed by atoms with Gasteiger partial charge in [-0.2, -0.15) is 0 Å². The number of aryl methyl sites for hydroxylation is 1. The van der Waals surface area contributed by atoms with Crippen LogP contribution in [0.2, 0.25) is 5.02 Å². The maximum Gasteiger partial charge on any atom is 0.252 e. The molecule has 2 aliphatic rings. The SMILES string of the molecule is Cc1ccccc1C(C(=O)NC1CC(F)(F)C1)N(C(=O)C1CCC(=O)N1c1ccc(Cl)cn1)c1cccc(F)c1. The summed E-state index contributed by atoms with van der Waals surface area (Å²) in [6.07, 6.45) is 0.508. The zero-order valence-corrected chi connectivity index (χ0v) is 22.2. The third-order valence-electron chi connectivity index (χ3n) is 7.21. The summed E-state index contributed by atoms with van der Waals surface area (Å²) >= 11 is 5.97. The first-order valence-corrected chi connectivity index (χ1v) is 13.2. The fourth-order valence-corrected chi connectivity index (χ4v) is 5.35. The number of benzene rings is 2. The van der Waals surface area contributed by atoms with Gasteiger partial charge < -0.3 is 5.32 Å². The van der Waals surface area contributed by atoms with Crippen molar-refractivity contribution in [1.29, 1.82) is 0 Å². The first kappa shape index (κ1) is 27.6. The zero-order valence-electron chi connectivity index (χ0n) is 21.5. The molecule has 0 bridgehead atoms. The van der Waals surface area contributed by atoms with Gasteiger partial charge in [0.2, 0.25) is 11.8 Å². The summed E-state index contributed by atoms with van der Waals surface area (Å²) in [7, 11) is 0. The van der Waals surface area contributed by atoms with Gasteiger partial charge in [-0.1, -0.05) is 41.9 Å². The normalized spacial score (nSPS) is 19.2. The van der Waals surface area contributed by atoms with Crippen molar-refractivity contribution in [3.8, 4) is 0 Å². The van der Waals surface area contributed by atoms with Crippen LogP contribution in [0, 0.1) is 12.7 Å². The zero-order chi connectivity index (χ0) is 28.6. The van der Waals surface area contributed by atoms with Crippen LogP contribution in [0.1, 0.15) is 42.9 Å². The molecule has 0 radical (unpaired) electrons. The standard InChI is InChI=1S/C29H26ClF3N4O3/c1-17-5-2-3-8-22(17)26(27(39)35-20-14-29(32,33)15-20)36(21-7-4-6-19(31)13-21)28(40)23-10-12-25(38)37(23)24-11-9-18(30)16-34-24/h2-9,11,13,16,20,23,26H,10,12,14-15H2,1H3,(H,35,39). The number of pyridine rings is 1. The Kier molecular flexibility index (Phi) is 7.55. The van der Waals surface area contributed by atoms with Crippen LogP contribution in [0.3, 0.4) is 0 Å². The lowest BCUT2D eigenvalue weighted by atomic mass is 9.87. The molecule has 2 fully saturated rings. The quantitative estimate of drug-likeness (QED) is 0.414. The average Bonchev–Trinajstić information content (AvgIpc) is 3.28. The average molecular weight is 571 g/mol. The highest BCUT2D eigenvalue weighted by molar-refractivity contribution is 6.30. The summed E-state index contributed by atoms with van der Waals surface area (Å²) < 4.78 is 41.7. The van der Waals surface area contributed by atoms with E-state index >= 15 is 0 Å². The minimum Gasteiger partial charge on any atom is -0.351 e. The van der Waals surface area contributed by atoms with E-state index in [-0.39, 0.29) is 30.3 Å². The summed E-state index contributed by atoms with van der Waals surface area (Å²) in [6.45, 7) is 1.75. The minimum atomic E-state index is -2.87. The molecule has 1 N–H and O–H groups in total. The highest BCUT2D eigenvalue weighted by Crippen LogP contribution is 2.39. The predicted molar refractivity (Wildman–Crippen MR) is 144 cm³/mol. The Morgan fingerprint density at radius 3 is 2.52 bits per heavy atom. The van der Waals surface area contributed by atoms with E-state index in [1.165, 1.54) is 35.4 Å². The van der Waals surface area contributed by atoms with Crippen LogP contribution in [0.4, 0.5) is 24.7 Å². The van der Waals surface area contributed by atoms with Gasteiger partial charge in [-0.05, 0) is 54.8 Å².